The molecule has 0 spiro atoms. The van der Waals surface area contributed by atoms with Gasteiger partial charge in [0, 0.05) is 18.7 Å². The first-order chi connectivity index (χ1) is 11.7. The summed E-state index contributed by atoms with van der Waals surface area (Å²) >= 11 is 0. The van der Waals surface area contributed by atoms with E-state index in [0.717, 1.165) is 23.3 Å². The van der Waals surface area contributed by atoms with Crippen LogP contribution >= 0.6 is 0 Å². The summed E-state index contributed by atoms with van der Waals surface area (Å²) in [6.07, 6.45) is 1.18. The lowest BCUT2D eigenvalue weighted by atomic mass is 10.1. The Morgan fingerprint density at radius 1 is 1.08 bits per heavy atom. The number of carbonyl (C=O) groups excluding carboxylic acids is 1. The van der Waals surface area contributed by atoms with Crippen molar-refractivity contribution >= 4 is 5.91 Å². The molecule has 2 aromatic carbocycles. The van der Waals surface area contributed by atoms with Crippen molar-refractivity contribution in [1.29, 1.82) is 0 Å². The van der Waals surface area contributed by atoms with Crippen molar-refractivity contribution in [2.75, 3.05) is 20.3 Å². The zero-order valence-electron chi connectivity index (χ0n) is 14.3. The van der Waals surface area contributed by atoms with E-state index < -0.39 is 0 Å². The van der Waals surface area contributed by atoms with Gasteiger partial charge in [0.15, 0.2) is 0 Å². The van der Waals surface area contributed by atoms with Gasteiger partial charge < -0.3 is 14.8 Å². The predicted molar refractivity (Wildman–Crippen MR) is 95.1 cm³/mol. The van der Waals surface area contributed by atoms with Crippen LogP contribution in [0.15, 0.2) is 54.6 Å². The molecule has 0 saturated heterocycles. The van der Waals surface area contributed by atoms with Crippen LogP contribution in [-0.2, 0) is 16.0 Å². The van der Waals surface area contributed by atoms with E-state index in [4.69, 9.17) is 9.47 Å². The normalized spacial score (nSPS) is 11.8. The van der Waals surface area contributed by atoms with Crippen molar-refractivity contribution in [3.63, 3.8) is 0 Å². The van der Waals surface area contributed by atoms with Crippen molar-refractivity contribution in [1.82, 2.24) is 5.32 Å². The molecule has 128 valence electrons. The van der Waals surface area contributed by atoms with Crippen LogP contribution in [0.1, 0.15) is 30.6 Å². The number of para-hydroxylation sites is 1. The Hall–Kier alpha value is -2.33. The minimum absolute atomic E-state index is 0.00407. The van der Waals surface area contributed by atoms with Gasteiger partial charge in [0.2, 0.25) is 5.91 Å². The molecule has 1 atom stereocenters. The van der Waals surface area contributed by atoms with E-state index >= 15 is 0 Å². The Morgan fingerprint density at radius 2 is 1.79 bits per heavy atom. The third kappa shape index (κ3) is 5.70. The number of rotatable bonds is 9. The minimum atomic E-state index is -0.00407. The lowest BCUT2D eigenvalue weighted by molar-refractivity contribution is -0.120. The number of carbonyl (C=O) groups is 1. The highest BCUT2D eigenvalue weighted by atomic mass is 16.5. The highest BCUT2D eigenvalue weighted by Crippen LogP contribution is 2.18. The number of benzene rings is 2. The lowest BCUT2D eigenvalue weighted by Crippen LogP contribution is -2.27. The van der Waals surface area contributed by atoms with Crippen molar-refractivity contribution in [3.8, 4) is 5.75 Å². The van der Waals surface area contributed by atoms with E-state index in [1.807, 2.05) is 49.4 Å². The summed E-state index contributed by atoms with van der Waals surface area (Å²) in [5.74, 6) is 0.739. The number of methoxy groups -OCH3 is 1. The minimum Gasteiger partial charge on any atom is -0.496 e. The third-order valence-electron chi connectivity index (χ3n) is 3.82. The number of hydrogen-bond acceptors (Lipinski definition) is 3. The van der Waals surface area contributed by atoms with Crippen LogP contribution < -0.4 is 10.1 Å². The van der Waals surface area contributed by atoms with E-state index in [1.54, 1.807) is 7.11 Å². The SMILES string of the molecule is COc1ccccc1CC(=O)NCCCOC(C)c1ccccc1. The molecule has 1 amide bonds. The zero-order valence-corrected chi connectivity index (χ0v) is 14.3. The molecule has 0 radical (unpaired) electrons. The molecule has 1 N–H and O–H groups in total. The molecule has 2 rings (SSSR count). The summed E-state index contributed by atoms with van der Waals surface area (Å²) in [4.78, 5) is 12.0. The van der Waals surface area contributed by atoms with Gasteiger partial charge in [0.1, 0.15) is 5.75 Å². The Bertz CT molecular complexity index is 628. The molecule has 0 saturated carbocycles. The van der Waals surface area contributed by atoms with Crippen LogP contribution in [-0.4, -0.2) is 26.2 Å². The van der Waals surface area contributed by atoms with Crippen LogP contribution in [0.25, 0.3) is 0 Å². The quantitative estimate of drug-likeness (QED) is 0.717. The van der Waals surface area contributed by atoms with Crippen molar-refractivity contribution in [3.05, 3.63) is 65.7 Å². The molecule has 0 heterocycles. The summed E-state index contributed by atoms with van der Waals surface area (Å²) in [7, 11) is 1.61. The van der Waals surface area contributed by atoms with Crippen LogP contribution in [0.5, 0.6) is 5.75 Å². The molecule has 4 heteroatoms. The summed E-state index contributed by atoms with van der Waals surface area (Å²) in [6.45, 7) is 3.26. The van der Waals surface area contributed by atoms with Gasteiger partial charge in [0.25, 0.3) is 0 Å². The number of nitrogens with one attached hydrogen (secondary N) is 1. The summed E-state index contributed by atoms with van der Waals surface area (Å²) in [5, 5.41) is 2.92. The number of amides is 1. The zero-order chi connectivity index (χ0) is 17.2. The average Bonchev–Trinajstić information content (AvgIpc) is 2.62. The predicted octanol–water partition coefficient (Wildman–Crippen LogP) is 3.52. The Balaban J connectivity index is 1.64. The Kier molecular flexibility index (Phi) is 7.30. The van der Waals surface area contributed by atoms with Crippen LogP contribution in [0.3, 0.4) is 0 Å². The first-order valence-corrected chi connectivity index (χ1v) is 8.26. The molecule has 0 bridgehead atoms. The maximum atomic E-state index is 12.0. The molecular formula is C20H25NO3. The summed E-state index contributed by atoms with van der Waals surface area (Å²) < 4.78 is 11.1. The fourth-order valence-corrected chi connectivity index (χ4v) is 2.46. The van der Waals surface area contributed by atoms with Gasteiger partial charge in [-0.25, -0.2) is 0 Å². The lowest BCUT2D eigenvalue weighted by Gasteiger charge is -2.13. The number of hydrogen-bond donors (Lipinski definition) is 1. The van der Waals surface area contributed by atoms with Crippen molar-refractivity contribution in [2.45, 2.75) is 25.9 Å². The van der Waals surface area contributed by atoms with Gasteiger partial charge in [-0.15, -0.1) is 0 Å². The molecule has 4 nitrogen and oxygen atoms in total. The van der Waals surface area contributed by atoms with Gasteiger partial charge in [-0.2, -0.15) is 0 Å². The van der Waals surface area contributed by atoms with Gasteiger partial charge in [-0.05, 0) is 25.0 Å². The van der Waals surface area contributed by atoms with E-state index in [-0.39, 0.29) is 12.0 Å². The molecule has 0 aliphatic carbocycles. The maximum absolute atomic E-state index is 12.0. The topological polar surface area (TPSA) is 47.6 Å². The molecule has 2 aromatic rings. The standard InChI is InChI=1S/C20H25NO3/c1-16(17-9-4-3-5-10-17)24-14-8-13-21-20(22)15-18-11-6-7-12-19(18)23-2/h3-7,9-12,16H,8,13-15H2,1-2H3,(H,21,22). The van der Waals surface area contributed by atoms with Crippen LogP contribution in [0, 0.1) is 0 Å². The Morgan fingerprint density at radius 3 is 2.54 bits per heavy atom. The number of ether oxygens (including phenoxy) is 2. The van der Waals surface area contributed by atoms with Crippen molar-refractivity contribution in [2.24, 2.45) is 0 Å². The summed E-state index contributed by atoms with van der Waals surface area (Å²) in [5.41, 5.74) is 2.06. The maximum Gasteiger partial charge on any atom is 0.224 e. The fourth-order valence-electron chi connectivity index (χ4n) is 2.46. The van der Waals surface area contributed by atoms with E-state index in [1.165, 1.54) is 0 Å². The van der Waals surface area contributed by atoms with Gasteiger partial charge in [-0.1, -0.05) is 48.5 Å². The largest absolute Gasteiger partial charge is 0.496 e. The molecule has 0 fully saturated rings. The van der Waals surface area contributed by atoms with Crippen LogP contribution in [0.4, 0.5) is 0 Å². The second kappa shape index (κ2) is 9.73. The van der Waals surface area contributed by atoms with E-state index in [0.29, 0.717) is 19.6 Å². The smallest absolute Gasteiger partial charge is 0.224 e. The summed E-state index contributed by atoms with van der Waals surface area (Å²) in [6, 6.07) is 17.7. The molecular weight excluding hydrogens is 302 g/mol. The van der Waals surface area contributed by atoms with E-state index in [9.17, 15) is 4.79 Å². The Labute approximate surface area is 143 Å². The van der Waals surface area contributed by atoms with Gasteiger partial charge >= 0.3 is 0 Å². The van der Waals surface area contributed by atoms with Gasteiger partial charge in [0.05, 0.1) is 19.6 Å². The first-order valence-electron chi connectivity index (χ1n) is 8.26. The monoisotopic (exact) mass is 327 g/mol. The van der Waals surface area contributed by atoms with Gasteiger partial charge in [-0.3, -0.25) is 4.79 Å². The fraction of sp³-hybridized carbons (Fsp3) is 0.350. The van der Waals surface area contributed by atoms with Crippen LogP contribution in [0.2, 0.25) is 0 Å². The first kappa shape index (κ1) is 18.0. The molecule has 1 unspecified atom stereocenters. The molecule has 0 aliphatic heterocycles. The second-order valence-electron chi connectivity index (χ2n) is 5.62. The highest BCUT2D eigenvalue weighted by molar-refractivity contribution is 5.79. The average molecular weight is 327 g/mol. The molecule has 0 aromatic heterocycles. The second-order valence-corrected chi connectivity index (χ2v) is 5.62. The third-order valence-corrected chi connectivity index (χ3v) is 3.82. The molecule has 0 aliphatic rings. The molecule has 24 heavy (non-hydrogen) atoms. The highest BCUT2D eigenvalue weighted by Gasteiger charge is 2.08. The van der Waals surface area contributed by atoms with E-state index in [2.05, 4.69) is 17.4 Å². The van der Waals surface area contributed by atoms with Crippen molar-refractivity contribution < 1.29 is 14.3 Å².